The minimum Gasteiger partial charge on any atom is -0.457 e. The number of sulfone groups is 1. The Bertz CT molecular complexity index is 1140. The number of ether oxygens (including phenoxy) is 1. The molecule has 0 aromatic heterocycles. The highest BCUT2D eigenvalue weighted by Crippen LogP contribution is 2.38. The van der Waals surface area contributed by atoms with Crippen molar-refractivity contribution in [2.24, 2.45) is 0 Å². The predicted molar refractivity (Wildman–Crippen MR) is 130 cm³/mol. The van der Waals surface area contributed by atoms with Crippen LogP contribution in [0.3, 0.4) is 0 Å². The molecule has 178 valence electrons. The van der Waals surface area contributed by atoms with E-state index in [-0.39, 0.29) is 24.6 Å². The smallest absolute Gasteiger partial charge is 0.266 e. The zero-order chi connectivity index (χ0) is 24.4. The highest BCUT2D eigenvalue weighted by molar-refractivity contribution is 9.11. The van der Waals surface area contributed by atoms with E-state index in [4.69, 9.17) is 9.94 Å². The Morgan fingerprint density at radius 3 is 2.33 bits per heavy atom. The molecule has 2 amide bonds. The Morgan fingerprint density at radius 1 is 1.18 bits per heavy atom. The maximum absolute atomic E-state index is 13.3. The Labute approximate surface area is 209 Å². The lowest BCUT2D eigenvalue weighted by molar-refractivity contribution is -0.143. The first-order valence-electron chi connectivity index (χ1n) is 10.1. The molecule has 33 heavy (non-hydrogen) atoms. The highest BCUT2D eigenvalue weighted by Gasteiger charge is 2.47. The SMILES string of the molecule is CC1(c2ccc(Oc3cc(Br)cc(Br)c3)cc2)CCN(C(CCS(C)(=O)=O)C(=O)NO)C1=O. The van der Waals surface area contributed by atoms with Gasteiger partial charge >= 0.3 is 0 Å². The van der Waals surface area contributed by atoms with Gasteiger partial charge in [0.15, 0.2) is 0 Å². The molecule has 2 aromatic carbocycles. The number of likely N-dealkylation sites (tertiary alicyclic amines) is 1. The van der Waals surface area contributed by atoms with Crippen LogP contribution in [-0.4, -0.2) is 54.9 Å². The average Bonchev–Trinajstić information content (AvgIpc) is 3.03. The average molecular weight is 604 g/mol. The van der Waals surface area contributed by atoms with E-state index in [2.05, 4.69) is 31.9 Å². The molecule has 0 aliphatic carbocycles. The first-order valence-corrected chi connectivity index (χ1v) is 13.7. The van der Waals surface area contributed by atoms with E-state index in [0.717, 1.165) is 20.8 Å². The van der Waals surface area contributed by atoms with Crippen molar-refractivity contribution in [2.45, 2.75) is 31.2 Å². The van der Waals surface area contributed by atoms with Crippen LogP contribution in [-0.2, 0) is 24.8 Å². The number of halogens is 2. The monoisotopic (exact) mass is 602 g/mol. The fourth-order valence-electron chi connectivity index (χ4n) is 3.88. The summed E-state index contributed by atoms with van der Waals surface area (Å²) in [6.45, 7) is 2.06. The number of hydrogen-bond donors (Lipinski definition) is 2. The van der Waals surface area contributed by atoms with Gasteiger partial charge in [0.05, 0.1) is 11.2 Å². The van der Waals surface area contributed by atoms with Crippen LogP contribution >= 0.6 is 31.9 Å². The third-order valence-electron chi connectivity index (χ3n) is 5.70. The van der Waals surface area contributed by atoms with Crippen molar-refractivity contribution in [2.75, 3.05) is 18.6 Å². The Morgan fingerprint density at radius 2 is 1.79 bits per heavy atom. The summed E-state index contributed by atoms with van der Waals surface area (Å²) >= 11 is 6.84. The number of amides is 2. The summed E-state index contributed by atoms with van der Waals surface area (Å²) in [4.78, 5) is 26.9. The summed E-state index contributed by atoms with van der Waals surface area (Å²) < 4.78 is 30.8. The highest BCUT2D eigenvalue weighted by atomic mass is 79.9. The molecule has 2 atom stereocenters. The number of carbonyl (C=O) groups excluding carboxylic acids is 2. The molecule has 0 radical (unpaired) electrons. The maximum Gasteiger partial charge on any atom is 0.266 e. The van der Waals surface area contributed by atoms with E-state index in [1.807, 2.05) is 18.2 Å². The molecule has 0 spiro atoms. The number of carbonyl (C=O) groups is 2. The summed E-state index contributed by atoms with van der Waals surface area (Å²) in [7, 11) is -3.34. The van der Waals surface area contributed by atoms with Gasteiger partial charge < -0.3 is 9.64 Å². The van der Waals surface area contributed by atoms with E-state index in [0.29, 0.717) is 17.9 Å². The summed E-state index contributed by atoms with van der Waals surface area (Å²) in [6, 6.07) is 11.6. The number of hydrogen-bond acceptors (Lipinski definition) is 6. The van der Waals surface area contributed by atoms with Gasteiger partial charge in [-0.25, -0.2) is 13.9 Å². The van der Waals surface area contributed by atoms with Crippen molar-refractivity contribution in [1.82, 2.24) is 10.4 Å². The van der Waals surface area contributed by atoms with Crippen molar-refractivity contribution < 1.29 is 28.0 Å². The molecule has 1 fully saturated rings. The fraction of sp³-hybridized carbons (Fsp3) is 0.364. The van der Waals surface area contributed by atoms with Crippen LogP contribution in [0.25, 0.3) is 0 Å². The maximum atomic E-state index is 13.3. The van der Waals surface area contributed by atoms with Gasteiger partial charge in [-0.05, 0) is 55.7 Å². The molecule has 8 nitrogen and oxygen atoms in total. The second kappa shape index (κ2) is 10.1. The third kappa shape index (κ3) is 6.14. The Balaban J connectivity index is 1.78. The van der Waals surface area contributed by atoms with Gasteiger partial charge in [0.2, 0.25) is 5.91 Å². The topological polar surface area (TPSA) is 113 Å². The molecule has 1 aliphatic heterocycles. The molecule has 1 heterocycles. The lowest BCUT2D eigenvalue weighted by Crippen LogP contribution is -2.49. The van der Waals surface area contributed by atoms with Gasteiger partial charge in [-0.2, -0.15) is 0 Å². The normalized spacial score (nSPS) is 19.4. The molecule has 2 unspecified atom stereocenters. The van der Waals surface area contributed by atoms with Gasteiger partial charge in [-0.3, -0.25) is 14.8 Å². The molecule has 0 saturated carbocycles. The van der Waals surface area contributed by atoms with Gasteiger partial charge in [0.1, 0.15) is 27.4 Å². The summed E-state index contributed by atoms with van der Waals surface area (Å²) in [5, 5.41) is 9.11. The van der Waals surface area contributed by atoms with Gasteiger partial charge in [-0.1, -0.05) is 44.0 Å². The zero-order valence-corrected chi connectivity index (χ0v) is 22.0. The largest absolute Gasteiger partial charge is 0.457 e. The van der Waals surface area contributed by atoms with E-state index in [1.54, 1.807) is 36.7 Å². The van der Waals surface area contributed by atoms with Crippen molar-refractivity contribution in [3.05, 3.63) is 57.0 Å². The van der Waals surface area contributed by atoms with E-state index in [1.165, 1.54) is 4.90 Å². The van der Waals surface area contributed by atoms with Crippen LogP contribution < -0.4 is 10.2 Å². The molecule has 3 rings (SSSR count). The van der Waals surface area contributed by atoms with Crippen molar-refractivity contribution in [3.8, 4) is 11.5 Å². The Hall–Kier alpha value is -1.95. The summed E-state index contributed by atoms with van der Waals surface area (Å²) in [6.07, 6.45) is 1.41. The van der Waals surface area contributed by atoms with E-state index < -0.39 is 27.2 Å². The van der Waals surface area contributed by atoms with Gasteiger partial charge in [0, 0.05) is 21.7 Å². The molecule has 0 bridgehead atoms. The second-order valence-electron chi connectivity index (χ2n) is 8.22. The van der Waals surface area contributed by atoms with Crippen molar-refractivity contribution >= 4 is 53.5 Å². The van der Waals surface area contributed by atoms with E-state index in [9.17, 15) is 18.0 Å². The molecule has 1 aliphatic rings. The predicted octanol–water partition coefficient (Wildman–Crippen LogP) is 3.80. The Kier molecular flexibility index (Phi) is 7.87. The molecule has 1 saturated heterocycles. The second-order valence-corrected chi connectivity index (χ2v) is 12.3. The fourth-order valence-corrected chi connectivity index (χ4v) is 5.78. The van der Waals surface area contributed by atoms with Crippen LogP contribution in [0.2, 0.25) is 0 Å². The summed E-state index contributed by atoms with van der Waals surface area (Å²) in [5.74, 6) is -0.139. The van der Waals surface area contributed by atoms with Crippen LogP contribution in [0.1, 0.15) is 25.3 Å². The quantitative estimate of drug-likeness (QED) is 0.350. The lowest BCUT2D eigenvalue weighted by atomic mass is 9.81. The number of nitrogens with zero attached hydrogens (tertiary/aromatic N) is 1. The van der Waals surface area contributed by atoms with Crippen LogP contribution in [0, 0.1) is 0 Å². The van der Waals surface area contributed by atoms with Crippen LogP contribution in [0.5, 0.6) is 11.5 Å². The van der Waals surface area contributed by atoms with E-state index >= 15 is 0 Å². The first kappa shape index (κ1) is 25.7. The first-order chi connectivity index (χ1) is 15.4. The number of hydroxylamine groups is 1. The molecule has 2 aromatic rings. The van der Waals surface area contributed by atoms with Crippen LogP contribution in [0.15, 0.2) is 51.4 Å². The van der Waals surface area contributed by atoms with Crippen molar-refractivity contribution in [1.29, 1.82) is 0 Å². The lowest BCUT2D eigenvalue weighted by Gasteiger charge is -2.29. The van der Waals surface area contributed by atoms with Gasteiger partial charge in [-0.15, -0.1) is 0 Å². The number of nitrogens with one attached hydrogen (secondary N) is 1. The molecule has 11 heteroatoms. The minimum absolute atomic E-state index is 0.0952. The zero-order valence-electron chi connectivity index (χ0n) is 18.0. The third-order valence-corrected chi connectivity index (χ3v) is 7.59. The van der Waals surface area contributed by atoms with Crippen LogP contribution in [0.4, 0.5) is 0 Å². The summed E-state index contributed by atoms with van der Waals surface area (Å²) in [5.41, 5.74) is 1.41. The number of benzene rings is 2. The standard InChI is InChI=1S/C22H24Br2N2O6S/c1-22(8-9-26(21(22)28)19(20(27)25-29)7-10-33(2,30)31)14-3-5-17(6-4-14)32-18-12-15(23)11-16(24)13-18/h3-6,11-13,19,29H,7-10H2,1-2H3,(H,25,27). The van der Waals surface area contributed by atoms with Gasteiger partial charge in [0.25, 0.3) is 5.91 Å². The van der Waals surface area contributed by atoms with Crippen molar-refractivity contribution in [3.63, 3.8) is 0 Å². The number of rotatable bonds is 8. The minimum atomic E-state index is -3.34. The molecular weight excluding hydrogens is 580 g/mol. The molecular formula is C22H24Br2N2O6S. The molecule has 2 N–H and O–H groups in total.